The van der Waals surface area contributed by atoms with Gasteiger partial charge in [0.1, 0.15) is 60.2 Å². The number of rotatable bonds is 39. The number of thiocarbonyl (C=S) groups is 1. The van der Waals surface area contributed by atoms with Crippen LogP contribution in [-0.2, 0) is 108 Å². The van der Waals surface area contributed by atoms with E-state index in [9.17, 15) is 53.1 Å². The number of halogens is 1. The SMILES string of the molecule is CO[C@H]1C[C@@H]2CC[C@@H](C)[C@@](O)(O2)C(=O)C(=O)N2CCCC[C@H]2C(=O)O[C@H]([C@H](N)C[C@@H]2CC[C@@H](OC(=S)NCCOCCOCCOCCOCCOCCOCCOCCOCCC(=O)NCCS(=O)c3ccc(C(=O)N4CCOc5ccc(-c6ccc(N)nc6)cc5C4)c(C)c3F)[C@H](OC)C2)CC(=O)[C@H](C)/C=C(\C)[C@@H](O)[C@@H](O)C(=O)[C@H](C)C[C@H](C)/C=C/C=CC=C1C. The van der Waals surface area contributed by atoms with E-state index in [4.69, 9.17) is 90.0 Å². The first-order valence-electron chi connectivity index (χ1n) is 44.7. The van der Waals surface area contributed by atoms with Crippen LogP contribution in [0.4, 0.5) is 10.2 Å². The summed E-state index contributed by atoms with van der Waals surface area (Å²) < 4.78 is 110. The molecule has 3 aromatic rings. The van der Waals surface area contributed by atoms with Gasteiger partial charge in [0, 0.05) is 112 Å². The number of fused-ring (bicyclic) bond motifs is 4. The van der Waals surface area contributed by atoms with E-state index in [0.717, 1.165) is 27.2 Å². The molecule has 2 bridgehead atoms. The molecule has 0 spiro atoms. The van der Waals surface area contributed by atoms with Crippen molar-refractivity contribution in [3.8, 4) is 16.9 Å². The van der Waals surface area contributed by atoms with Crippen molar-refractivity contribution in [2.75, 3.05) is 164 Å². The lowest BCUT2D eigenvalue weighted by Gasteiger charge is -2.42. The number of ketones is 3. The van der Waals surface area contributed by atoms with Gasteiger partial charge < -0.3 is 114 Å². The second-order valence-corrected chi connectivity index (χ2v) is 35.2. The number of carbonyl (C=O) groups is 7. The van der Waals surface area contributed by atoms with Crippen molar-refractivity contribution in [3.63, 3.8) is 0 Å². The maximum atomic E-state index is 15.7. The van der Waals surface area contributed by atoms with Gasteiger partial charge in [0.15, 0.2) is 5.78 Å². The number of benzene rings is 2. The van der Waals surface area contributed by atoms with Gasteiger partial charge in [0.2, 0.25) is 11.7 Å². The summed E-state index contributed by atoms with van der Waals surface area (Å²) in [6.07, 6.45) is 9.98. The van der Waals surface area contributed by atoms with Gasteiger partial charge in [0.25, 0.3) is 22.8 Å². The van der Waals surface area contributed by atoms with Gasteiger partial charge in [-0.2, -0.15) is 0 Å². The molecule has 1 saturated carbocycles. The van der Waals surface area contributed by atoms with E-state index in [1.165, 1.54) is 32.1 Å². The normalized spacial score (nSPS) is 26.3. The number of pyridine rings is 1. The monoisotopic (exact) mass is 1830 g/mol. The number of nitrogens with two attached hydrogens (primary N) is 2. The molecule has 5 aliphatic rings. The third-order valence-electron chi connectivity index (χ3n) is 23.7. The Hall–Kier alpha value is -7.79. The number of esters is 1. The van der Waals surface area contributed by atoms with Gasteiger partial charge in [-0.05, 0) is 168 Å². The summed E-state index contributed by atoms with van der Waals surface area (Å²) in [4.78, 5) is 105. The maximum absolute atomic E-state index is 15.7. The molecule has 8 rings (SSSR count). The molecule has 2 aromatic carbocycles. The summed E-state index contributed by atoms with van der Waals surface area (Å²) >= 11 is 5.57. The van der Waals surface area contributed by atoms with Crippen LogP contribution in [0.25, 0.3) is 11.1 Å². The van der Waals surface area contributed by atoms with Crippen molar-refractivity contribution in [2.45, 2.75) is 204 Å². The Kier molecular flexibility index (Phi) is 45.8. The lowest BCUT2D eigenvalue weighted by molar-refractivity contribution is -0.265. The smallest absolute Gasteiger partial charge is 0.329 e. The number of nitrogens with zero attached hydrogens (tertiary/aromatic N) is 3. The number of piperidine rings is 1. The number of hydrogen-bond acceptors (Lipinski definition) is 29. The van der Waals surface area contributed by atoms with Gasteiger partial charge in [-0.15, -0.1) is 0 Å². The number of methoxy groups -OCH3 is 2. The van der Waals surface area contributed by atoms with Crippen LogP contribution in [0.15, 0.2) is 101 Å². The van der Waals surface area contributed by atoms with Gasteiger partial charge in [-0.3, -0.25) is 33.0 Å². The minimum absolute atomic E-state index is 0.00745. The van der Waals surface area contributed by atoms with Crippen molar-refractivity contribution in [1.82, 2.24) is 25.4 Å². The van der Waals surface area contributed by atoms with Crippen molar-refractivity contribution in [2.24, 2.45) is 35.3 Å². The highest BCUT2D eigenvalue weighted by molar-refractivity contribution is 7.85. The Balaban J connectivity index is 0.638. The van der Waals surface area contributed by atoms with Gasteiger partial charge in [0.05, 0.1) is 146 Å². The molecule has 9 N–H and O–H groups in total. The maximum Gasteiger partial charge on any atom is 0.329 e. The molecule has 0 radical (unpaired) electrons. The summed E-state index contributed by atoms with van der Waals surface area (Å²) in [5.41, 5.74) is 16.6. The third kappa shape index (κ3) is 33.5. The van der Waals surface area contributed by atoms with Crippen LogP contribution in [0.3, 0.4) is 0 Å². The number of hydrogen-bond donors (Lipinski definition) is 7. The zero-order valence-electron chi connectivity index (χ0n) is 75.6. The second kappa shape index (κ2) is 55.5. The fourth-order valence-corrected chi connectivity index (χ4v) is 17.4. The first-order chi connectivity index (χ1) is 61.5. The predicted molar refractivity (Wildman–Crippen MR) is 480 cm³/mol. The molecular weight excluding hydrogens is 1700 g/mol. The van der Waals surface area contributed by atoms with Crippen LogP contribution in [0.2, 0.25) is 0 Å². The van der Waals surface area contributed by atoms with Crippen LogP contribution >= 0.6 is 12.2 Å². The number of ether oxygens (including phenoxy) is 14. The zero-order valence-corrected chi connectivity index (χ0v) is 77.3. The second-order valence-electron chi connectivity index (χ2n) is 33.3. The zero-order chi connectivity index (χ0) is 92.7. The minimum atomic E-state index is -2.50. The lowest BCUT2D eigenvalue weighted by atomic mass is 9.80. The third-order valence-corrected chi connectivity index (χ3v) is 25.3. The molecule has 5 heterocycles. The first kappa shape index (κ1) is 106. The topological polar surface area (TPSA) is 422 Å². The fourth-order valence-electron chi connectivity index (χ4n) is 16.0. The highest BCUT2D eigenvalue weighted by Crippen LogP contribution is 2.39. The number of allylic oxidation sites excluding steroid dienone is 6. The van der Waals surface area contributed by atoms with E-state index in [2.05, 4.69) is 15.6 Å². The number of amides is 3. The summed E-state index contributed by atoms with van der Waals surface area (Å²) in [6, 6.07) is 9.93. The molecule has 16 atom stereocenters. The Morgan fingerprint density at radius 3 is 2.01 bits per heavy atom. The number of anilines is 1. The van der Waals surface area contributed by atoms with Gasteiger partial charge >= 0.3 is 5.97 Å². The minimum Gasteiger partial charge on any atom is -0.491 e. The number of carbonyl (C=O) groups excluding carboxylic acids is 7. The molecule has 4 aliphatic heterocycles. The highest BCUT2D eigenvalue weighted by Gasteiger charge is 2.53. The molecule has 712 valence electrons. The lowest BCUT2D eigenvalue weighted by Crippen LogP contribution is -2.61. The predicted octanol–water partition coefficient (Wildman–Crippen LogP) is 7.69. The molecule has 3 fully saturated rings. The van der Waals surface area contributed by atoms with Crippen LogP contribution in [0, 0.1) is 42.3 Å². The fraction of sp³-hybridized carbons (Fsp3) is 0.645. The Morgan fingerprint density at radius 1 is 0.719 bits per heavy atom. The van der Waals surface area contributed by atoms with Crippen molar-refractivity contribution >= 4 is 75.1 Å². The highest BCUT2D eigenvalue weighted by atomic mass is 32.2. The summed E-state index contributed by atoms with van der Waals surface area (Å²) in [5.74, 6) is -9.55. The van der Waals surface area contributed by atoms with Crippen LogP contribution in [0.1, 0.15) is 146 Å². The first-order valence-corrected chi connectivity index (χ1v) is 46.4. The van der Waals surface area contributed by atoms with E-state index >= 15 is 4.39 Å². The van der Waals surface area contributed by atoms with Crippen molar-refractivity contribution < 1.29 is 124 Å². The molecule has 1 unspecified atom stereocenters. The Labute approximate surface area is 759 Å². The summed E-state index contributed by atoms with van der Waals surface area (Å²) in [5, 5.41) is 40.5. The van der Waals surface area contributed by atoms with Gasteiger partial charge in [-0.25, -0.2) is 14.2 Å². The summed E-state index contributed by atoms with van der Waals surface area (Å²) in [7, 11) is 1.33. The van der Waals surface area contributed by atoms with Crippen molar-refractivity contribution in [3.05, 3.63) is 119 Å². The number of aliphatic hydroxyl groups excluding tert-OH is 2. The van der Waals surface area contributed by atoms with E-state index < -0.39 is 124 Å². The molecule has 1 aromatic heterocycles. The quantitative estimate of drug-likeness (QED) is 0.00945. The van der Waals surface area contributed by atoms with E-state index in [1.54, 1.807) is 52.2 Å². The van der Waals surface area contributed by atoms with Crippen LogP contribution in [-0.4, -0.2) is 300 Å². The van der Waals surface area contributed by atoms with Crippen molar-refractivity contribution in [1.29, 1.82) is 0 Å². The number of Topliss-reactive ketones (excluding diaryl/α,β-unsaturated/α-hetero) is 3. The number of aliphatic hydroxyl groups is 3. The van der Waals surface area contributed by atoms with Crippen LogP contribution in [0.5, 0.6) is 5.75 Å². The number of nitrogen functional groups attached to an aromatic ring is 1. The average molecular weight is 1840 g/mol. The van der Waals surface area contributed by atoms with Gasteiger partial charge in [-0.1, -0.05) is 70.2 Å². The molecule has 1 aliphatic carbocycles. The molecular formula is C93H136FN7O25S2. The molecule has 35 heteroatoms. The van der Waals surface area contributed by atoms with E-state index in [0.29, 0.717) is 162 Å². The van der Waals surface area contributed by atoms with E-state index in [1.807, 2.05) is 68.5 Å². The van der Waals surface area contributed by atoms with Crippen LogP contribution < -0.4 is 26.8 Å². The van der Waals surface area contributed by atoms with E-state index in [-0.39, 0.29) is 134 Å². The number of nitrogens with one attached hydrogen (secondary N) is 2. The largest absolute Gasteiger partial charge is 0.491 e. The number of aromatic nitrogens is 1. The molecule has 3 amide bonds. The number of cyclic esters (lactones) is 1. The average Bonchev–Trinajstić information content (AvgIpc) is 0.787. The Bertz CT molecular complexity index is 4200. The molecule has 128 heavy (non-hydrogen) atoms. The molecule has 32 nitrogen and oxygen atoms in total. The summed E-state index contributed by atoms with van der Waals surface area (Å²) in [6.45, 7) is 18.4. The standard InChI is InChI=1S/C93H136FN7O25S2/c1-60-15-11-10-12-16-61(2)78(113-8)56-71-22-18-65(6)93(111,126-71)88(107)90(109)101-31-14-13-17-74(101)91(110)124-79(57-75(102)62(3)52-64(5)86(105)87(106)85(104)63(4)51-60)73(95)53-67-19-24-77(80(54-67)114-9)125-92(127)98-29-34-116-37-39-118-41-43-120-45-47-122-49-48-121-46-44-119-42-40-117-38-36-115-33-28-83(103)97-30-50-128(112)81-26-23-72(66(7)84(81)94)89(108)100-32-35-123-76-25-20-68(55-70(76)59-100)69-21-27-82(96)99-58-69/h10-12,15-16,20-21,23,25-27,52,55,58,60,62-63,65,67,71,73-74,77-80,86-87,105-106,111H,13-14,17-19,22,24,28-51,53-54,56-57,59,95H2,1-9H3,(H2,96,99)(H,97,103)(H,98,127)/b12-10?,15-11+,61-16?,64-52+/t60-,62-,63-,65-,67+,71+,73-,74+,77-,78+,79+,80-,86-,87+,93-,128?/m1/s1. The molecule has 2 saturated heterocycles. The Morgan fingerprint density at radius 2 is 1.37 bits per heavy atom.